The molecule has 1 saturated carbocycles. The molecule has 0 aromatic rings. The predicted molar refractivity (Wildman–Crippen MR) is 48.6 cm³/mol. The van der Waals surface area contributed by atoms with Gasteiger partial charge in [0.05, 0.1) is 6.04 Å². The first-order chi connectivity index (χ1) is 5.70. The maximum absolute atomic E-state index is 11.1. The fraction of sp³-hybridized carbons (Fsp3) is 0.889. The highest BCUT2D eigenvalue weighted by atomic mass is 16.2. The van der Waals surface area contributed by atoms with E-state index in [1.165, 1.54) is 25.7 Å². The molecule has 3 heteroatoms. The standard InChI is InChI=1S/C9H18N2O/c1-7(10)9(12)11-6-8-4-2-3-5-8/h7-8H,2-6,10H2,1H3,(H,11,12). The normalized spacial score (nSPS) is 20.8. The van der Waals surface area contributed by atoms with Crippen LogP contribution in [0.3, 0.4) is 0 Å². The number of carbonyl (C=O) groups excluding carboxylic acids is 1. The first kappa shape index (κ1) is 9.52. The summed E-state index contributed by atoms with van der Waals surface area (Å²) in [6.45, 7) is 2.53. The summed E-state index contributed by atoms with van der Waals surface area (Å²) in [7, 11) is 0. The van der Waals surface area contributed by atoms with Gasteiger partial charge in [-0.2, -0.15) is 0 Å². The third-order valence-corrected chi connectivity index (χ3v) is 2.45. The molecule has 0 heterocycles. The van der Waals surface area contributed by atoms with Gasteiger partial charge in [-0.05, 0) is 25.7 Å². The first-order valence-electron chi connectivity index (χ1n) is 4.73. The van der Waals surface area contributed by atoms with Crippen molar-refractivity contribution in [2.75, 3.05) is 6.54 Å². The molecule has 1 aliphatic rings. The largest absolute Gasteiger partial charge is 0.354 e. The van der Waals surface area contributed by atoms with E-state index in [4.69, 9.17) is 5.73 Å². The van der Waals surface area contributed by atoms with Gasteiger partial charge in [0.25, 0.3) is 0 Å². The quantitative estimate of drug-likeness (QED) is 0.653. The molecule has 0 aromatic heterocycles. The molecule has 0 aromatic carbocycles. The van der Waals surface area contributed by atoms with Gasteiger partial charge < -0.3 is 11.1 Å². The molecule has 0 bridgehead atoms. The zero-order valence-electron chi connectivity index (χ0n) is 7.68. The zero-order valence-corrected chi connectivity index (χ0v) is 7.68. The highest BCUT2D eigenvalue weighted by Gasteiger charge is 2.16. The minimum atomic E-state index is -0.369. The third-order valence-electron chi connectivity index (χ3n) is 2.45. The summed E-state index contributed by atoms with van der Waals surface area (Å²) >= 11 is 0. The van der Waals surface area contributed by atoms with Gasteiger partial charge in [0.2, 0.25) is 5.91 Å². The van der Waals surface area contributed by atoms with E-state index in [9.17, 15) is 4.79 Å². The van der Waals surface area contributed by atoms with Crippen LogP contribution < -0.4 is 11.1 Å². The van der Waals surface area contributed by atoms with Crippen LogP contribution in [0, 0.1) is 5.92 Å². The molecule has 70 valence electrons. The Morgan fingerprint density at radius 1 is 1.58 bits per heavy atom. The second-order valence-corrected chi connectivity index (χ2v) is 3.68. The number of amides is 1. The molecule has 1 fully saturated rings. The van der Waals surface area contributed by atoms with Crippen LogP contribution in [-0.2, 0) is 4.79 Å². The molecule has 1 unspecified atom stereocenters. The molecule has 1 rings (SSSR count). The molecule has 0 radical (unpaired) electrons. The van der Waals surface area contributed by atoms with Crippen molar-refractivity contribution in [2.45, 2.75) is 38.6 Å². The Hall–Kier alpha value is -0.570. The average molecular weight is 170 g/mol. The molecule has 12 heavy (non-hydrogen) atoms. The Morgan fingerprint density at radius 3 is 2.67 bits per heavy atom. The van der Waals surface area contributed by atoms with E-state index in [-0.39, 0.29) is 11.9 Å². The maximum Gasteiger partial charge on any atom is 0.236 e. The second kappa shape index (κ2) is 4.45. The minimum absolute atomic E-state index is 0.0260. The summed E-state index contributed by atoms with van der Waals surface area (Å²) in [5.41, 5.74) is 5.41. The van der Waals surface area contributed by atoms with E-state index >= 15 is 0 Å². The highest BCUT2D eigenvalue weighted by molar-refractivity contribution is 5.80. The number of carbonyl (C=O) groups is 1. The van der Waals surface area contributed by atoms with Crippen molar-refractivity contribution >= 4 is 5.91 Å². The van der Waals surface area contributed by atoms with Crippen molar-refractivity contribution in [3.63, 3.8) is 0 Å². The monoisotopic (exact) mass is 170 g/mol. The van der Waals surface area contributed by atoms with Gasteiger partial charge in [0.1, 0.15) is 0 Å². The SMILES string of the molecule is CC(N)C(=O)NCC1CCCC1. The van der Waals surface area contributed by atoms with Gasteiger partial charge in [-0.1, -0.05) is 12.8 Å². The predicted octanol–water partition coefficient (Wildman–Crippen LogP) is 0.640. The van der Waals surface area contributed by atoms with Crippen molar-refractivity contribution in [1.29, 1.82) is 0 Å². The maximum atomic E-state index is 11.1. The summed E-state index contributed by atoms with van der Waals surface area (Å²) in [5, 5.41) is 2.86. The van der Waals surface area contributed by atoms with E-state index < -0.39 is 0 Å². The van der Waals surface area contributed by atoms with E-state index in [0.717, 1.165) is 6.54 Å². The van der Waals surface area contributed by atoms with E-state index in [1.807, 2.05) is 0 Å². The van der Waals surface area contributed by atoms with Crippen molar-refractivity contribution in [3.8, 4) is 0 Å². The lowest BCUT2D eigenvalue weighted by Crippen LogP contribution is -2.40. The fourth-order valence-corrected chi connectivity index (χ4v) is 1.62. The Morgan fingerprint density at radius 2 is 2.17 bits per heavy atom. The van der Waals surface area contributed by atoms with Crippen LogP contribution in [0.15, 0.2) is 0 Å². The topological polar surface area (TPSA) is 55.1 Å². The Kier molecular flexibility index (Phi) is 3.53. The average Bonchev–Trinajstić information content (AvgIpc) is 2.51. The van der Waals surface area contributed by atoms with E-state index in [0.29, 0.717) is 5.92 Å². The van der Waals surface area contributed by atoms with Gasteiger partial charge in [-0.15, -0.1) is 0 Å². The second-order valence-electron chi connectivity index (χ2n) is 3.68. The summed E-state index contributed by atoms with van der Waals surface area (Å²) in [5.74, 6) is 0.676. The van der Waals surface area contributed by atoms with Crippen LogP contribution in [0.25, 0.3) is 0 Å². The molecule has 1 atom stereocenters. The van der Waals surface area contributed by atoms with Gasteiger partial charge >= 0.3 is 0 Å². The van der Waals surface area contributed by atoms with E-state index in [1.54, 1.807) is 6.92 Å². The van der Waals surface area contributed by atoms with Crippen LogP contribution in [0.2, 0.25) is 0 Å². The molecule has 0 aliphatic heterocycles. The first-order valence-corrected chi connectivity index (χ1v) is 4.73. The number of rotatable bonds is 3. The zero-order chi connectivity index (χ0) is 8.97. The van der Waals surface area contributed by atoms with Crippen LogP contribution >= 0.6 is 0 Å². The van der Waals surface area contributed by atoms with Crippen LogP contribution in [0.4, 0.5) is 0 Å². The molecular weight excluding hydrogens is 152 g/mol. The van der Waals surface area contributed by atoms with Crippen molar-refractivity contribution < 1.29 is 4.79 Å². The number of nitrogens with two attached hydrogens (primary N) is 1. The molecule has 1 amide bonds. The van der Waals surface area contributed by atoms with Crippen LogP contribution in [0.5, 0.6) is 0 Å². The van der Waals surface area contributed by atoms with Crippen molar-refractivity contribution in [3.05, 3.63) is 0 Å². The molecule has 1 aliphatic carbocycles. The number of hydrogen-bond acceptors (Lipinski definition) is 2. The molecule has 0 saturated heterocycles. The Bertz CT molecular complexity index is 151. The van der Waals surface area contributed by atoms with Gasteiger partial charge in [-0.25, -0.2) is 0 Å². The lowest BCUT2D eigenvalue weighted by molar-refractivity contribution is -0.122. The van der Waals surface area contributed by atoms with Crippen LogP contribution in [0.1, 0.15) is 32.6 Å². The van der Waals surface area contributed by atoms with Crippen molar-refractivity contribution in [1.82, 2.24) is 5.32 Å². The van der Waals surface area contributed by atoms with Gasteiger partial charge in [0, 0.05) is 6.54 Å². The summed E-state index contributed by atoms with van der Waals surface area (Å²) in [4.78, 5) is 11.1. The van der Waals surface area contributed by atoms with Crippen LogP contribution in [-0.4, -0.2) is 18.5 Å². The number of nitrogens with one attached hydrogen (secondary N) is 1. The van der Waals surface area contributed by atoms with Gasteiger partial charge in [0.15, 0.2) is 0 Å². The lowest BCUT2D eigenvalue weighted by atomic mass is 10.1. The smallest absolute Gasteiger partial charge is 0.236 e. The fourth-order valence-electron chi connectivity index (χ4n) is 1.62. The lowest BCUT2D eigenvalue weighted by Gasteiger charge is -2.11. The third kappa shape index (κ3) is 2.81. The Balaban J connectivity index is 2.12. The Labute approximate surface area is 73.7 Å². The molecule has 3 nitrogen and oxygen atoms in total. The molecule has 0 spiro atoms. The van der Waals surface area contributed by atoms with E-state index in [2.05, 4.69) is 5.32 Å². The molecular formula is C9H18N2O. The molecule has 3 N–H and O–H groups in total. The minimum Gasteiger partial charge on any atom is -0.354 e. The summed E-state index contributed by atoms with van der Waals surface area (Å²) < 4.78 is 0. The van der Waals surface area contributed by atoms with Crippen molar-refractivity contribution in [2.24, 2.45) is 11.7 Å². The number of hydrogen-bond donors (Lipinski definition) is 2. The van der Waals surface area contributed by atoms with Gasteiger partial charge in [-0.3, -0.25) is 4.79 Å². The highest BCUT2D eigenvalue weighted by Crippen LogP contribution is 2.23. The summed E-state index contributed by atoms with van der Waals surface area (Å²) in [6, 6.07) is -0.369. The summed E-state index contributed by atoms with van der Waals surface area (Å²) in [6.07, 6.45) is 5.16.